The minimum absolute atomic E-state index is 0.0664. The van der Waals surface area contributed by atoms with Gasteiger partial charge in [-0.25, -0.2) is 14.6 Å². The number of benzene rings is 2. The lowest BCUT2D eigenvalue weighted by molar-refractivity contribution is -0.140. The Morgan fingerprint density at radius 1 is 1.03 bits per heavy atom. The summed E-state index contributed by atoms with van der Waals surface area (Å²) in [6.07, 6.45) is 0. The van der Waals surface area contributed by atoms with Gasteiger partial charge in [-0.3, -0.25) is 14.4 Å². The van der Waals surface area contributed by atoms with Crippen LogP contribution in [0.1, 0.15) is 6.92 Å². The Hall–Kier alpha value is -2.81. The normalized spacial score (nSPS) is 13.8. The number of urea groups is 1. The minimum Gasteiger partial charge on any atom is -0.492 e. The van der Waals surface area contributed by atoms with Crippen molar-refractivity contribution in [3.05, 3.63) is 51.5 Å². The second kappa shape index (κ2) is 8.91. The average molecular weight is 471 g/mol. The molecule has 0 atom stereocenters. The number of halogens is 3. The lowest BCUT2D eigenvalue weighted by Crippen LogP contribution is -2.39. The molecule has 156 valence electrons. The number of carbonyl (C=O) groups excluding carboxylic acids is 4. The molecule has 1 N–H and O–H groups in total. The average Bonchev–Trinajstić information content (AvgIpc) is 2.89. The van der Waals surface area contributed by atoms with Crippen LogP contribution in [0.4, 0.5) is 16.2 Å². The van der Waals surface area contributed by atoms with Crippen molar-refractivity contribution in [3.63, 3.8) is 0 Å². The number of hydrogen-bond acceptors (Lipinski definition) is 5. The summed E-state index contributed by atoms with van der Waals surface area (Å²) in [7, 11) is 0. The van der Waals surface area contributed by atoms with Crippen LogP contribution in [0, 0.1) is 0 Å². The predicted octanol–water partition coefficient (Wildman–Crippen LogP) is 3.98. The van der Waals surface area contributed by atoms with Crippen LogP contribution in [0.25, 0.3) is 0 Å². The number of para-hydroxylation sites is 2. The quantitative estimate of drug-likeness (QED) is 0.509. The molecular weight excluding hydrogens is 457 g/mol. The molecule has 1 aliphatic rings. The van der Waals surface area contributed by atoms with Gasteiger partial charge < -0.3 is 10.1 Å². The summed E-state index contributed by atoms with van der Waals surface area (Å²) in [5, 5.41) is 2.82. The van der Waals surface area contributed by atoms with Crippen LogP contribution in [0.3, 0.4) is 0 Å². The van der Waals surface area contributed by atoms with Crippen LogP contribution in [0.5, 0.6) is 5.75 Å². The van der Waals surface area contributed by atoms with Gasteiger partial charge in [-0.05, 0) is 31.2 Å². The van der Waals surface area contributed by atoms with E-state index < -0.39 is 30.3 Å². The van der Waals surface area contributed by atoms with Crippen molar-refractivity contribution in [2.75, 3.05) is 23.4 Å². The van der Waals surface area contributed by atoms with Gasteiger partial charge in [-0.2, -0.15) is 0 Å². The summed E-state index contributed by atoms with van der Waals surface area (Å²) in [6, 6.07) is 8.03. The molecular formula is C19H14Cl3N3O5. The number of amides is 5. The van der Waals surface area contributed by atoms with Crippen LogP contribution in [0.15, 0.2) is 36.4 Å². The molecule has 5 amide bonds. The third-order valence-corrected chi connectivity index (χ3v) is 4.85. The molecule has 2 aromatic carbocycles. The fraction of sp³-hybridized carbons (Fsp3) is 0.158. The first-order valence-corrected chi connectivity index (χ1v) is 9.74. The van der Waals surface area contributed by atoms with Gasteiger partial charge in [0.2, 0.25) is 5.91 Å². The van der Waals surface area contributed by atoms with Gasteiger partial charge in [-0.15, -0.1) is 0 Å². The summed E-state index contributed by atoms with van der Waals surface area (Å²) in [5.41, 5.74) is 0.172. The van der Waals surface area contributed by atoms with Crippen molar-refractivity contribution >= 4 is 69.9 Å². The van der Waals surface area contributed by atoms with Crippen molar-refractivity contribution in [1.29, 1.82) is 0 Å². The number of ether oxygens (including phenoxy) is 1. The number of nitrogens with zero attached hydrogens (tertiary/aromatic N) is 2. The number of carbonyl (C=O) groups is 4. The van der Waals surface area contributed by atoms with Crippen molar-refractivity contribution in [1.82, 2.24) is 4.90 Å². The lowest BCUT2D eigenvalue weighted by atomic mass is 10.2. The fourth-order valence-electron chi connectivity index (χ4n) is 2.76. The molecule has 1 saturated heterocycles. The SMILES string of the molecule is CCOc1ccccc1N1C(=O)C(=O)N(CC(=O)Nc2c(Cl)cc(Cl)cc2Cl)C1=O. The molecule has 0 unspecified atom stereocenters. The zero-order valence-corrected chi connectivity index (χ0v) is 17.7. The van der Waals surface area contributed by atoms with E-state index in [9.17, 15) is 19.2 Å². The zero-order valence-electron chi connectivity index (χ0n) is 15.4. The van der Waals surface area contributed by atoms with Crippen LogP contribution in [-0.4, -0.2) is 41.8 Å². The van der Waals surface area contributed by atoms with E-state index in [4.69, 9.17) is 39.5 Å². The Morgan fingerprint density at radius 2 is 1.67 bits per heavy atom. The monoisotopic (exact) mass is 469 g/mol. The second-order valence-electron chi connectivity index (χ2n) is 6.01. The van der Waals surface area contributed by atoms with E-state index in [2.05, 4.69) is 5.32 Å². The van der Waals surface area contributed by atoms with Crippen molar-refractivity contribution in [3.8, 4) is 5.75 Å². The molecule has 30 heavy (non-hydrogen) atoms. The third kappa shape index (κ3) is 4.21. The highest BCUT2D eigenvalue weighted by Crippen LogP contribution is 2.34. The van der Waals surface area contributed by atoms with Crippen molar-refractivity contribution in [2.24, 2.45) is 0 Å². The van der Waals surface area contributed by atoms with Crippen molar-refractivity contribution < 1.29 is 23.9 Å². The maximum atomic E-state index is 12.8. The Balaban J connectivity index is 1.81. The Kier molecular flexibility index (Phi) is 6.50. The van der Waals surface area contributed by atoms with Crippen LogP contribution < -0.4 is 15.0 Å². The molecule has 0 saturated carbocycles. The Bertz CT molecular complexity index is 1040. The van der Waals surface area contributed by atoms with E-state index in [1.807, 2.05) is 0 Å². The molecule has 0 radical (unpaired) electrons. The summed E-state index contributed by atoms with van der Waals surface area (Å²) >= 11 is 17.9. The molecule has 8 nitrogen and oxygen atoms in total. The second-order valence-corrected chi connectivity index (χ2v) is 7.26. The van der Waals surface area contributed by atoms with Gasteiger partial charge in [0.15, 0.2) is 0 Å². The topological polar surface area (TPSA) is 96.0 Å². The van der Waals surface area contributed by atoms with E-state index in [1.165, 1.54) is 18.2 Å². The molecule has 0 aliphatic carbocycles. The predicted molar refractivity (Wildman–Crippen MR) is 112 cm³/mol. The number of imide groups is 2. The van der Waals surface area contributed by atoms with Gasteiger partial charge in [0.25, 0.3) is 0 Å². The molecule has 1 aliphatic heterocycles. The largest absolute Gasteiger partial charge is 0.492 e. The fourth-order valence-corrected chi connectivity index (χ4v) is 3.67. The highest BCUT2D eigenvalue weighted by Gasteiger charge is 2.47. The molecule has 1 heterocycles. The van der Waals surface area contributed by atoms with E-state index >= 15 is 0 Å². The summed E-state index contributed by atoms with van der Waals surface area (Å²) in [6.45, 7) is 1.31. The van der Waals surface area contributed by atoms with E-state index in [1.54, 1.807) is 25.1 Å². The summed E-state index contributed by atoms with van der Waals surface area (Å²) < 4.78 is 5.42. The lowest BCUT2D eigenvalue weighted by Gasteiger charge is -2.18. The molecule has 0 aromatic heterocycles. The van der Waals surface area contributed by atoms with Crippen molar-refractivity contribution in [2.45, 2.75) is 6.92 Å². The number of nitrogens with one attached hydrogen (secondary N) is 1. The minimum atomic E-state index is -1.14. The number of hydrogen-bond donors (Lipinski definition) is 1. The first-order chi connectivity index (χ1) is 14.2. The van der Waals surface area contributed by atoms with Gasteiger partial charge in [0, 0.05) is 5.02 Å². The van der Waals surface area contributed by atoms with E-state index in [-0.39, 0.29) is 38.8 Å². The van der Waals surface area contributed by atoms with Crippen LogP contribution in [0.2, 0.25) is 15.1 Å². The third-order valence-electron chi connectivity index (χ3n) is 4.03. The van der Waals surface area contributed by atoms with Crippen LogP contribution in [-0.2, 0) is 14.4 Å². The van der Waals surface area contributed by atoms with Gasteiger partial charge in [0.1, 0.15) is 12.3 Å². The van der Waals surface area contributed by atoms with Gasteiger partial charge >= 0.3 is 17.8 Å². The molecule has 1 fully saturated rings. The van der Waals surface area contributed by atoms with Gasteiger partial charge in [-0.1, -0.05) is 46.9 Å². The van der Waals surface area contributed by atoms with E-state index in [0.29, 0.717) is 9.80 Å². The summed E-state index contributed by atoms with van der Waals surface area (Å²) in [4.78, 5) is 51.2. The Labute approximate surface area is 186 Å². The molecule has 3 rings (SSSR count). The maximum Gasteiger partial charge on any atom is 0.339 e. The van der Waals surface area contributed by atoms with Gasteiger partial charge in [0.05, 0.1) is 28.0 Å². The highest BCUT2D eigenvalue weighted by molar-refractivity contribution is 6.53. The molecule has 11 heteroatoms. The maximum absolute atomic E-state index is 12.8. The summed E-state index contributed by atoms with van der Waals surface area (Å²) in [5.74, 6) is -2.77. The van der Waals surface area contributed by atoms with Crippen LogP contribution >= 0.6 is 34.8 Å². The highest BCUT2D eigenvalue weighted by atomic mass is 35.5. The number of rotatable bonds is 6. The number of anilines is 2. The first-order valence-electron chi connectivity index (χ1n) is 8.60. The smallest absolute Gasteiger partial charge is 0.339 e. The molecule has 0 bridgehead atoms. The Morgan fingerprint density at radius 3 is 2.30 bits per heavy atom. The molecule has 0 spiro atoms. The zero-order chi connectivity index (χ0) is 22.0. The van der Waals surface area contributed by atoms with E-state index in [0.717, 1.165) is 0 Å². The first kappa shape index (κ1) is 21.9. The molecule has 2 aromatic rings. The standard InChI is InChI=1S/C19H14Cl3N3O5/c1-2-30-14-6-4-3-5-13(14)25-18(28)17(27)24(19(25)29)9-15(26)23-16-11(21)7-10(20)8-12(16)22/h3-8H,2,9H2,1H3,(H,23,26).